The van der Waals surface area contributed by atoms with Crippen molar-refractivity contribution in [2.24, 2.45) is 0 Å². The number of carbonyl (C=O) groups excluding carboxylic acids is 1. The molecule has 1 aliphatic rings. The van der Waals surface area contributed by atoms with E-state index in [0.29, 0.717) is 5.57 Å². The summed E-state index contributed by atoms with van der Waals surface area (Å²) in [5.74, 6) is -0.234. The Kier molecular flexibility index (Phi) is 12.7. The first kappa shape index (κ1) is 32.5. The Labute approximate surface area is 173 Å². The second kappa shape index (κ2) is 12.5. The lowest BCUT2D eigenvalue weighted by molar-refractivity contribution is -0.309. The van der Waals surface area contributed by atoms with Crippen molar-refractivity contribution in [3.05, 3.63) is 12.2 Å². The van der Waals surface area contributed by atoms with Gasteiger partial charge in [0.1, 0.15) is 6.10 Å². The standard InChI is InChI=1S/C10H16O2.2C3H2F6O/c1-8(2)10(11)12-9-6-4-3-5-7-9;2*4-2(5,6)1(10)3(7,8)9/h9H,1,3-7H2,2H3;2*1,10H. The summed E-state index contributed by atoms with van der Waals surface area (Å²) in [6.07, 6.45) is -25.1. The molecule has 1 aliphatic carbocycles. The second-order valence-electron chi connectivity index (χ2n) is 6.42. The van der Waals surface area contributed by atoms with Gasteiger partial charge in [0.2, 0.25) is 12.2 Å². The van der Waals surface area contributed by atoms with E-state index in [9.17, 15) is 57.5 Å². The van der Waals surface area contributed by atoms with Gasteiger partial charge in [0.05, 0.1) is 0 Å². The lowest BCUT2D eigenvalue weighted by Gasteiger charge is -2.21. The van der Waals surface area contributed by atoms with Crippen molar-refractivity contribution in [2.75, 3.05) is 0 Å². The van der Waals surface area contributed by atoms with Crippen LogP contribution in [0.5, 0.6) is 0 Å². The van der Waals surface area contributed by atoms with Crippen LogP contribution in [0.25, 0.3) is 0 Å². The fraction of sp³-hybridized carbons (Fsp3) is 0.812. The molecule has 1 rings (SSSR count). The highest BCUT2D eigenvalue weighted by Crippen LogP contribution is 2.33. The summed E-state index contributed by atoms with van der Waals surface area (Å²) >= 11 is 0. The molecule has 1 fully saturated rings. The molecule has 1 saturated carbocycles. The van der Waals surface area contributed by atoms with Crippen LogP contribution in [-0.2, 0) is 9.53 Å². The van der Waals surface area contributed by atoms with Crippen molar-refractivity contribution in [1.82, 2.24) is 0 Å². The zero-order valence-corrected chi connectivity index (χ0v) is 16.2. The molecule has 16 heteroatoms. The van der Waals surface area contributed by atoms with Crippen LogP contribution in [0.1, 0.15) is 39.0 Å². The van der Waals surface area contributed by atoms with Gasteiger partial charge < -0.3 is 14.9 Å². The summed E-state index contributed by atoms with van der Waals surface area (Å²) in [6.45, 7) is 5.23. The molecule has 0 radical (unpaired) electrons. The molecule has 0 spiro atoms. The molecule has 0 bridgehead atoms. The third kappa shape index (κ3) is 14.4. The average molecular weight is 504 g/mol. The number of alkyl halides is 12. The van der Waals surface area contributed by atoms with Crippen molar-refractivity contribution < 1.29 is 72.4 Å². The highest BCUT2D eigenvalue weighted by Gasteiger charge is 2.56. The first-order valence-electron chi connectivity index (χ1n) is 8.50. The SMILES string of the molecule is C=C(C)C(=O)OC1CCCCC1.OC(C(F)(F)F)C(F)(F)F.OC(C(F)(F)F)C(F)(F)F. The summed E-state index contributed by atoms with van der Waals surface area (Å²) in [4.78, 5) is 11.1. The number of rotatable bonds is 2. The van der Waals surface area contributed by atoms with Gasteiger partial charge in [0.25, 0.3) is 0 Å². The molecule has 0 aromatic carbocycles. The zero-order chi connectivity index (χ0) is 26.1. The highest BCUT2D eigenvalue weighted by atomic mass is 19.4. The highest BCUT2D eigenvalue weighted by molar-refractivity contribution is 5.87. The monoisotopic (exact) mass is 504 g/mol. The van der Waals surface area contributed by atoms with Gasteiger partial charge in [-0.2, -0.15) is 52.7 Å². The van der Waals surface area contributed by atoms with E-state index in [-0.39, 0.29) is 12.1 Å². The van der Waals surface area contributed by atoms with E-state index < -0.39 is 36.9 Å². The van der Waals surface area contributed by atoms with Crippen LogP contribution in [0.4, 0.5) is 52.7 Å². The molecule has 2 N–H and O–H groups in total. The minimum absolute atomic E-state index is 0.156. The molecule has 0 amide bonds. The van der Waals surface area contributed by atoms with Gasteiger partial charge in [0, 0.05) is 5.57 Å². The number of aliphatic hydroxyl groups excluding tert-OH is 2. The minimum atomic E-state index is -5.63. The number of aliphatic hydroxyl groups is 2. The van der Waals surface area contributed by atoms with Gasteiger partial charge in [-0.25, -0.2) is 4.79 Å². The van der Waals surface area contributed by atoms with Gasteiger partial charge in [-0.15, -0.1) is 0 Å². The van der Waals surface area contributed by atoms with E-state index in [2.05, 4.69) is 6.58 Å². The van der Waals surface area contributed by atoms with E-state index in [4.69, 9.17) is 14.9 Å². The second-order valence-corrected chi connectivity index (χ2v) is 6.42. The first-order valence-corrected chi connectivity index (χ1v) is 8.50. The molecule has 0 saturated heterocycles. The van der Waals surface area contributed by atoms with E-state index in [1.807, 2.05) is 0 Å². The van der Waals surface area contributed by atoms with Crippen LogP contribution < -0.4 is 0 Å². The third-order valence-corrected chi connectivity index (χ3v) is 3.41. The molecular formula is C16H20F12O4. The number of hydrogen-bond acceptors (Lipinski definition) is 4. The fourth-order valence-corrected chi connectivity index (χ4v) is 1.81. The molecule has 0 aromatic rings. The van der Waals surface area contributed by atoms with Crippen LogP contribution >= 0.6 is 0 Å². The molecule has 0 aliphatic heterocycles. The van der Waals surface area contributed by atoms with Crippen molar-refractivity contribution in [3.63, 3.8) is 0 Å². The summed E-state index contributed by atoms with van der Waals surface area (Å²) in [5, 5.41) is 14.9. The van der Waals surface area contributed by atoms with Gasteiger partial charge in [0.15, 0.2) is 0 Å². The Balaban J connectivity index is 0. The van der Waals surface area contributed by atoms with Crippen molar-refractivity contribution in [2.45, 2.75) is 82.0 Å². The van der Waals surface area contributed by atoms with E-state index in [1.54, 1.807) is 6.92 Å². The van der Waals surface area contributed by atoms with Gasteiger partial charge in [-0.3, -0.25) is 0 Å². The average Bonchev–Trinajstić information content (AvgIpc) is 2.59. The molecule has 32 heavy (non-hydrogen) atoms. The molecule has 0 heterocycles. The number of halogens is 12. The van der Waals surface area contributed by atoms with Crippen LogP contribution in [0.2, 0.25) is 0 Å². The Bertz CT molecular complexity index is 514. The lowest BCUT2D eigenvalue weighted by Crippen LogP contribution is -2.41. The zero-order valence-electron chi connectivity index (χ0n) is 16.2. The van der Waals surface area contributed by atoms with Crippen molar-refractivity contribution >= 4 is 5.97 Å². The molecule has 0 unspecified atom stereocenters. The number of esters is 1. The third-order valence-electron chi connectivity index (χ3n) is 3.41. The minimum Gasteiger partial charge on any atom is -0.459 e. The van der Waals surface area contributed by atoms with Gasteiger partial charge >= 0.3 is 30.7 Å². The van der Waals surface area contributed by atoms with Crippen molar-refractivity contribution in [1.29, 1.82) is 0 Å². The van der Waals surface area contributed by atoms with Crippen LogP contribution in [0, 0.1) is 0 Å². The molecule has 4 nitrogen and oxygen atoms in total. The number of hydrogen-bond donors (Lipinski definition) is 2. The number of ether oxygens (including phenoxy) is 1. The smallest absolute Gasteiger partial charge is 0.423 e. The maximum Gasteiger partial charge on any atom is 0.423 e. The topological polar surface area (TPSA) is 66.8 Å². The Morgan fingerprint density at radius 2 is 1.03 bits per heavy atom. The normalized spacial score (nSPS) is 16.0. The molecule has 0 atom stereocenters. The summed E-state index contributed by atoms with van der Waals surface area (Å²) in [7, 11) is 0. The van der Waals surface area contributed by atoms with Crippen LogP contribution in [-0.4, -0.2) is 59.2 Å². The fourth-order valence-electron chi connectivity index (χ4n) is 1.81. The Morgan fingerprint density at radius 1 is 0.750 bits per heavy atom. The maximum absolute atomic E-state index is 11.1. The van der Waals surface area contributed by atoms with Gasteiger partial charge in [-0.05, 0) is 32.6 Å². The van der Waals surface area contributed by atoms with Crippen LogP contribution in [0.15, 0.2) is 12.2 Å². The van der Waals surface area contributed by atoms with Gasteiger partial charge in [-0.1, -0.05) is 13.0 Å². The van der Waals surface area contributed by atoms with Crippen molar-refractivity contribution in [3.8, 4) is 0 Å². The Hall–Kier alpha value is -1.71. The molecule has 0 aromatic heterocycles. The van der Waals surface area contributed by atoms with E-state index in [0.717, 1.165) is 12.8 Å². The maximum atomic E-state index is 11.1. The lowest BCUT2D eigenvalue weighted by atomic mass is 9.98. The number of carbonyl (C=O) groups is 1. The summed E-state index contributed by atoms with van der Waals surface area (Å²) in [6, 6.07) is 0. The quantitative estimate of drug-likeness (QED) is 0.301. The Morgan fingerprint density at radius 3 is 1.22 bits per heavy atom. The molecular weight excluding hydrogens is 484 g/mol. The van der Waals surface area contributed by atoms with Crippen LogP contribution in [0.3, 0.4) is 0 Å². The molecule has 192 valence electrons. The largest absolute Gasteiger partial charge is 0.459 e. The van der Waals surface area contributed by atoms with E-state index in [1.165, 1.54) is 19.3 Å². The predicted octanol–water partition coefficient (Wildman–Crippen LogP) is 5.38. The van der Waals surface area contributed by atoms with E-state index >= 15 is 0 Å². The summed E-state index contributed by atoms with van der Waals surface area (Å²) in [5.41, 5.74) is 0.501. The summed E-state index contributed by atoms with van der Waals surface area (Å²) < 4.78 is 137. The predicted molar refractivity (Wildman–Crippen MR) is 84.0 cm³/mol. The first-order chi connectivity index (χ1) is 14.0.